The summed E-state index contributed by atoms with van der Waals surface area (Å²) in [7, 11) is 0. The maximum Gasteiger partial charge on any atom is 0.432 e. The maximum absolute atomic E-state index is 11.7. The summed E-state index contributed by atoms with van der Waals surface area (Å²) in [5.74, 6) is 0.755. The fraction of sp³-hybridized carbons (Fsp3) is 0.105. The smallest absolute Gasteiger partial charge is 0.432 e. The molecule has 0 fully saturated rings. The summed E-state index contributed by atoms with van der Waals surface area (Å²) in [6.07, 6.45) is -0.194. The van der Waals surface area contributed by atoms with Crippen molar-refractivity contribution in [1.82, 2.24) is 10.0 Å². The summed E-state index contributed by atoms with van der Waals surface area (Å²) in [4.78, 5) is 16.5. The molecule has 2 aromatic carbocycles. The number of nitrogens with zero attached hydrogens (tertiary/aromatic N) is 1. The van der Waals surface area contributed by atoms with E-state index >= 15 is 0 Å². The minimum Gasteiger partial charge on any atom is -0.492 e. The summed E-state index contributed by atoms with van der Waals surface area (Å²) >= 11 is 0. The predicted molar refractivity (Wildman–Crippen MR) is 94.4 cm³/mol. The number of aromatic hydroxyl groups is 2. The highest BCUT2D eigenvalue weighted by Gasteiger charge is 2.11. The van der Waals surface area contributed by atoms with E-state index in [0.717, 1.165) is 17.1 Å². The number of carbonyl (C=O) groups excluding carboxylic acids is 1. The van der Waals surface area contributed by atoms with Gasteiger partial charge in [-0.05, 0) is 36.2 Å². The second-order valence-electron chi connectivity index (χ2n) is 5.46. The van der Waals surface area contributed by atoms with Gasteiger partial charge in [0, 0.05) is 18.7 Å². The molecule has 1 amide bonds. The van der Waals surface area contributed by atoms with Crippen LogP contribution in [0.3, 0.4) is 0 Å². The Bertz CT molecular complexity index is 840. The van der Waals surface area contributed by atoms with Crippen LogP contribution in [0.15, 0.2) is 66.7 Å². The Balaban J connectivity index is 1.45. The highest BCUT2D eigenvalue weighted by Crippen LogP contribution is 2.21. The monoisotopic (exact) mass is 354 g/mol. The van der Waals surface area contributed by atoms with Gasteiger partial charge < -0.3 is 25.1 Å². The Labute approximate surface area is 150 Å². The minimum absolute atomic E-state index is 0.334. The number of nitrogens with one attached hydrogen (secondary N) is 1. The van der Waals surface area contributed by atoms with E-state index in [0.29, 0.717) is 17.7 Å². The molecule has 7 nitrogen and oxygen atoms in total. The lowest BCUT2D eigenvalue weighted by molar-refractivity contribution is 0.108. The van der Waals surface area contributed by atoms with Crippen LogP contribution in [0.2, 0.25) is 0 Å². The Morgan fingerprint density at radius 3 is 2.15 bits per heavy atom. The second kappa shape index (κ2) is 7.98. The third-order valence-electron chi connectivity index (χ3n) is 3.56. The van der Waals surface area contributed by atoms with E-state index in [2.05, 4.69) is 5.32 Å². The number of amides is 1. The Hall–Kier alpha value is -3.61. The van der Waals surface area contributed by atoms with Crippen LogP contribution >= 0.6 is 0 Å². The molecule has 26 heavy (non-hydrogen) atoms. The van der Waals surface area contributed by atoms with E-state index in [-0.39, 0.29) is 11.8 Å². The number of carbonyl (C=O) groups is 1. The van der Waals surface area contributed by atoms with Gasteiger partial charge in [-0.3, -0.25) is 0 Å². The second-order valence-corrected chi connectivity index (χ2v) is 5.46. The third-order valence-corrected chi connectivity index (χ3v) is 3.56. The van der Waals surface area contributed by atoms with Crippen LogP contribution in [0.25, 0.3) is 0 Å². The predicted octanol–water partition coefficient (Wildman–Crippen LogP) is 3.07. The number of aromatic nitrogens is 1. The standard InChI is InChI=1S/C19H18N2O5/c22-17-10-11-18(23)21(17)26-19(24)20-13-12-14-6-8-16(9-7-14)25-15-4-2-1-3-5-15/h1-11,22-23H,12-13H2,(H,20,24). The van der Waals surface area contributed by atoms with Gasteiger partial charge in [-0.2, -0.15) is 0 Å². The van der Waals surface area contributed by atoms with E-state index in [1.807, 2.05) is 54.6 Å². The van der Waals surface area contributed by atoms with Crippen molar-refractivity contribution in [2.45, 2.75) is 6.42 Å². The van der Waals surface area contributed by atoms with Crippen LogP contribution in [0.5, 0.6) is 23.3 Å². The highest BCUT2D eigenvalue weighted by atomic mass is 16.7. The van der Waals surface area contributed by atoms with Crippen molar-refractivity contribution in [3.05, 3.63) is 72.3 Å². The summed E-state index contributed by atoms with van der Waals surface area (Å²) in [5.41, 5.74) is 1.01. The summed E-state index contributed by atoms with van der Waals surface area (Å²) in [6.45, 7) is 0.334. The summed E-state index contributed by atoms with van der Waals surface area (Å²) in [5, 5.41) is 21.3. The maximum atomic E-state index is 11.7. The molecule has 0 saturated heterocycles. The van der Waals surface area contributed by atoms with E-state index < -0.39 is 6.09 Å². The summed E-state index contributed by atoms with van der Waals surface area (Å²) < 4.78 is 6.35. The zero-order chi connectivity index (χ0) is 18.4. The lowest BCUT2D eigenvalue weighted by atomic mass is 10.1. The first kappa shape index (κ1) is 17.2. The average molecular weight is 354 g/mol. The van der Waals surface area contributed by atoms with E-state index in [4.69, 9.17) is 9.57 Å². The average Bonchev–Trinajstić information content (AvgIpc) is 2.96. The number of benzene rings is 2. The SMILES string of the molecule is O=C(NCCc1ccc(Oc2ccccc2)cc1)On1c(O)ccc1O. The van der Waals surface area contributed by atoms with Crippen molar-refractivity contribution in [2.24, 2.45) is 0 Å². The van der Waals surface area contributed by atoms with Gasteiger partial charge in [0.1, 0.15) is 11.5 Å². The van der Waals surface area contributed by atoms with Crippen molar-refractivity contribution >= 4 is 6.09 Å². The Morgan fingerprint density at radius 2 is 1.50 bits per heavy atom. The van der Waals surface area contributed by atoms with Crippen molar-refractivity contribution < 1.29 is 24.6 Å². The lowest BCUT2D eigenvalue weighted by Crippen LogP contribution is -2.33. The fourth-order valence-corrected chi connectivity index (χ4v) is 2.27. The van der Waals surface area contributed by atoms with E-state index in [9.17, 15) is 15.0 Å². The first-order valence-electron chi connectivity index (χ1n) is 7.99. The number of para-hydroxylation sites is 1. The zero-order valence-electron chi connectivity index (χ0n) is 13.8. The van der Waals surface area contributed by atoms with Gasteiger partial charge >= 0.3 is 6.09 Å². The van der Waals surface area contributed by atoms with Gasteiger partial charge in [0.2, 0.25) is 11.8 Å². The van der Waals surface area contributed by atoms with Gasteiger partial charge in [0.05, 0.1) is 0 Å². The minimum atomic E-state index is -0.782. The molecule has 0 spiro atoms. The lowest BCUT2D eigenvalue weighted by Gasteiger charge is -2.09. The molecule has 0 unspecified atom stereocenters. The Kier molecular flexibility index (Phi) is 5.28. The number of rotatable bonds is 6. The van der Waals surface area contributed by atoms with Gasteiger partial charge in [-0.25, -0.2) is 4.79 Å². The molecule has 3 aromatic rings. The van der Waals surface area contributed by atoms with Crippen LogP contribution in [0, 0.1) is 0 Å². The fourth-order valence-electron chi connectivity index (χ4n) is 2.27. The molecule has 0 bridgehead atoms. The van der Waals surface area contributed by atoms with Crippen molar-refractivity contribution in [3.63, 3.8) is 0 Å². The molecule has 134 valence electrons. The first-order valence-corrected chi connectivity index (χ1v) is 7.99. The van der Waals surface area contributed by atoms with Gasteiger partial charge in [0.25, 0.3) is 0 Å². The van der Waals surface area contributed by atoms with E-state index in [1.165, 1.54) is 12.1 Å². The molecule has 0 radical (unpaired) electrons. The van der Waals surface area contributed by atoms with Crippen molar-refractivity contribution in [2.75, 3.05) is 6.54 Å². The molecule has 0 atom stereocenters. The molecule has 3 N–H and O–H groups in total. The van der Waals surface area contributed by atoms with Crippen LogP contribution in [-0.4, -0.2) is 27.6 Å². The van der Waals surface area contributed by atoms with Crippen LogP contribution in [0.1, 0.15) is 5.56 Å². The molecule has 0 aliphatic rings. The number of ether oxygens (including phenoxy) is 1. The molecule has 3 rings (SSSR count). The normalized spacial score (nSPS) is 10.3. The Morgan fingerprint density at radius 1 is 0.885 bits per heavy atom. The quantitative estimate of drug-likeness (QED) is 0.633. The molecule has 7 heteroatoms. The molecule has 0 aliphatic carbocycles. The van der Waals surface area contributed by atoms with Crippen LogP contribution in [0.4, 0.5) is 4.79 Å². The highest BCUT2D eigenvalue weighted by molar-refractivity contribution is 5.67. The molecule has 0 saturated carbocycles. The van der Waals surface area contributed by atoms with Gasteiger partial charge in [-0.15, -0.1) is 4.73 Å². The van der Waals surface area contributed by atoms with Gasteiger partial charge in [0.15, 0.2) is 0 Å². The summed E-state index contributed by atoms with van der Waals surface area (Å²) in [6, 6.07) is 19.4. The van der Waals surface area contributed by atoms with Crippen LogP contribution in [-0.2, 0) is 6.42 Å². The van der Waals surface area contributed by atoms with Crippen molar-refractivity contribution in [1.29, 1.82) is 0 Å². The molecule has 0 aliphatic heterocycles. The largest absolute Gasteiger partial charge is 0.492 e. The molecule has 1 aromatic heterocycles. The molecule has 1 heterocycles. The van der Waals surface area contributed by atoms with Crippen LogP contribution < -0.4 is 14.9 Å². The first-order chi connectivity index (χ1) is 12.6. The molecular weight excluding hydrogens is 336 g/mol. The zero-order valence-corrected chi connectivity index (χ0v) is 13.8. The number of hydrogen-bond donors (Lipinski definition) is 3. The van der Waals surface area contributed by atoms with Crippen molar-refractivity contribution in [3.8, 4) is 23.3 Å². The van der Waals surface area contributed by atoms with Gasteiger partial charge in [-0.1, -0.05) is 30.3 Å². The third kappa shape index (κ3) is 4.47. The number of hydrogen-bond acceptors (Lipinski definition) is 5. The topological polar surface area (TPSA) is 93.0 Å². The van der Waals surface area contributed by atoms with E-state index in [1.54, 1.807) is 0 Å². The molecular formula is C19H18N2O5.